The molecule has 3 aromatic rings. The molecule has 156 valence electrons. The first-order valence-electron chi connectivity index (χ1n) is 9.56. The molecule has 0 amide bonds. The van der Waals surface area contributed by atoms with Gasteiger partial charge in [0.2, 0.25) is 11.0 Å². The summed E-state index contributed by atoms with van der Waals surface area (Å²) in [6.07, 6.45) is 1.61. The average Bonchev–Trinajstić information content (AvgIpc) is 2.90. The number of nitrogens with one attached hydrogen (secondary N) is 1. The summed E-state index contributed by atoms with van der Waals surface area (Å²) in [6.45, 7) is 2.15. The third-order valence-corrected chi connectivity index (χ3v) is 6.04. The molecule has 2 N–H and O–H groups in total. The molecule has 30 heavy (non-hydrogen) atoms. The maximum absolute atomic E-state index is 10.2. The Morgan fingerprint density at radius 2 is 2.10 bits per heavy atom. The zero-order chi connectivity index (χ0) is 21.1. The van der Waals surface area contributed by atoms with E-state index in [9.17, 15) is 5.11 Å². The van der Waals surface area contributed by atoms with Crippen molar-refractivity contribution in [2.75, 3.05) is 18.2 Å². The summed E-state index contributed by atoms with van der Waals surface area (Å²) in [5.41, 5.74) is 2.97. The number of anilines is 1. The van der Waals surface area contributed by atoms with Gasteiger partial charge in [-0.05, 0) is 42.8 Å². The molecule has 2 aromatic carbocycles. The van der Waals surface area contributed by atoms with Gasteiger partial charge in [0.1, 0.15) is 0 Å². The fourth-order valence-corrected chi connectivity index (χ4v) is 4.28. The van der Waals surface area contributed by atoms with Crippen molar-refractivity contribution in [3.05, 3.63) is 46.4 Å². The second-order valence-corrected chi connectivity index (χ2v) is 8.69. The van der Waals surface area contributed by atoms with Crippen molar-refractivity contribution in [3.63, 3.8) is 0 Å². The Bertz CT molecular complexity index is 1070. The van der Waals surface area contributed by atoms with Crippen LogP contribution in [0, 0.1) is 0 Å². The lowest BCUT2D eigenvalue weighted by atomic mass is 10.1. The molecule has 4 rings (SSSR count). The van der Waals surface area contributed by atoms with Crippen LogP contribution in [0.15, 0.2) is 46.0 Å². The van der Waals surface area contributed by atoms with Crippen LogP contribution in [0.4, 0.5) is 5.69 Å². The van der Waals surface area contributed by atoms with Crippen molar-refractivity contribution in [2.24, 2.45) is 0 Å². The second-order valence-electron chi connectivity index (χ2n) is 6.71. The van der Waals surface area contributed by atoms with E-state index in [0.29, 0.717) is 22.5 Å². The zero-order valence-electron chi connectivity index (χ0n) is 16.6. The van der Waals surface area contributed by atoms with E-state index in [0.717, 1.165) is 39.9 Å². The third-order valence-electron chi connectivity index (χ3n) is 4.62. The van der Waals surface area contributed by atoms with E-state index in [1.165, 1.54) is 7.11 Å². The Hall–Kier alpha value is -2.52. The van der Waals surface area contributed by atoms with Crippen molar-refractivity contribution < 1.29 is 14.6 Å². The fraction of sp³-hybridized carbons (Fsp3) is 0.286. The quantitative estimate of drug-likeness (QED) is 0.351. The number of benzene rings is 2. The van der Waals surface area contributed by atoms with E-state index in [1.54, 1.807) is 23.9 Å². The zero-order valence-corrected chi connectivity index (χ0v) is 19.0. The molecule has 0 unspecified atom stereocenters. The summed E-state index contributed by atoms with van der Waals surface area (Å²) < 4.78 is 12.3. The van der Waals surface area contributed by atoms with Crippen LogP contribution in [0.2, 0.25) is 0 Å². The SMILES string of the molecule is CCCCSc1nnc2c(n1)O[C@H](c1ccc(OC)c(O)c1)Nc1ccc(Br)cc1-2. The number of hydrogen-bond acceptors (Lipinski definition) is 8. The summed E-state index contributed by atoms with van der Waals surface area (Å²) in [5, 5.41) is 22.9. The molecule has 7 nitrogen and oxygen atoms in total. The molecule has 0 saturated heterocycles. The van der Waals surface area contributed by atoms with Crippen molar-refractivity contribution in [1.82, 2.24) is 15.2 Å². The fourth-order valence-electron chi connectivity index (χ4n) is 3.06. The number of nitrogens with zero attached hydrogens (tertiary/aromatic N) is 3. The largest absolute Gasteiger partial charge is 0.504 e. The molecular weight excluding hydrogens is 468 g/mol. The standard InChI is InChI=1S/C21H21BrN4O3S/c1-3-4-9-30-21-24-20-18(25-26-21)14-11-13(22)6-7-15(14)23-19(29-20)12-5-8-17(28-2)16(27)10-12/h5-8,10-11,19,23,27H,3-4,9H2,1-2H3/t19-/m1/s1. The highest BCUT2D eigenvalue weighted by atomic mass is 79.9. The first-order valence-corrected chi connectivity index (χ1v) is 11.3. The molecule has 9 heteroatoms. The highest BCUT2D eigenvalue weighted by Gasteiger charge is 2.27. The normalized spacial score (nSPS) is 14.7. The maximum Gasteiger partial charge on any atom is 0.247 e. The van der Waals surface area contributed by atoms with Gasteiger partial charge in [-0.15, -0.1) is 10.2 Å². The van der Waals surface area contributed by atoms with Gasteiger partial charge in [0.15, 0.2) is 23.4 Å². The molecule has 0 spiro atoms. The molecule has 0 saturated carbocycles. The summed E-state index contributed by atoms with van der Waals surface area (Å²) in [4.78, 5) is 4.63. The number of aromatic nitrogens is 3. The Morgan fingerprint density at radius 1 is 1.23 bits per heavy atom. The van der Waals surface area contributed by atoms with E-state index in [-0.39, 0.29) is 5.75 Å². The summed E-state index contributed by atoms with van der Waals surface area (Å²) in [5.74, 6) is 1.76. The summed E-state index contributed by atoms with van der Waals surface area (Å²) in [6, 6.07) is 11.0. The van der Waals surface area contributed by atoms with Crippen LogP contribution in [0.1, 0.15) is 31.6 Å². The minimum Gasteiger partial charge on any atom is -0.504 e. The maximum atomic E-state index is 10.2. The Labute approximate surface area is 187 Å². The van der Waals surface area contributed by atoms with Crippen molar-refractivity contribution in [3.8, 4) is 28.6 Å². The van der Waals surface area contributed by atoms with Crippen molar-refractivity contribution >= 4 is 33.4 Å². The lowest BCUT2D eigenvalue weighted by molar-refractivity contribution is 0.224. The Balaban J connectivity index is 1.76. The van der Waals surface area contributed by atoms with Gasteiger partial charge in [-0.1, -0.05) is 41.0 Å². The first-order chi connectivity index (χ1) is 14.6. The minimum absolute atomic E-state index is 0.0394. The lowest BCUT2D eigenvalue weighted by Gasteiger charge is -2.20. The lowest BCUT2D eigenvalue weighted by Crippen LogP contribution is -2.17. The minimum atomic E-state index is -0.576. The van der Waals surface area contributed by atoms with Crippen LogP contribution in [-0.2, 0) is 0 Å². The van der Waals surface area contributed by atoms with Crippen LogP contribution in [0.3, 0.4) is 0 Å². The van der Waals surface area contributed by atoms with Crippen LogP contribution in [0.5, 0.6) is 17.4 Å². The predicted octanol–water partition coefficient (Wildman–Crippen LogP) is 5.41. The topological polar surface area (TPSA) is 89.4 Å². The smallest absolute Gasteiger partial charge is 0.247 e. The van der Waals surface area contributed by atoms with E-state index < -0.39 is 6.23 Å². The highest BCUT2D eigenvalue weighted by Crippen LogP contribution is 2.41. The van der Waals surface area contributed by atoms with Crippen molar-refractivity contribution in [1.29, 1.82) is 0 Å². The monoisotopic (exact) mass is 488 g/mol. The van der Waals surface area contributed by atoms with Crippen LogP contribution in [-0.4, -0.2) is 33.2 Å². The van der Waals surface area contributed by atoms with Crippen LogP contribution < -0.4 is 14.8 Å². The second kappa shape index (κ2) is 9.09. The van der Waals surface area contributed by atoms with E-state index >= 15 is 0 Å². The molecule has 1 aliphatic rings. The van der Waals surface area contributed by atoms with Gasteiger partial charge < -0.3 is 19.9 Å². The Kier molecular flexibility index (Phi) is 6.29. The number of ether oxygens (including phenoxy) is 2. The van der Waals surface area contributed by atoms with E-state index in [1.807, 2.05) is 24.3 Å². The van der Waals surface area contributed by atoms with Gasteiger partial charge in [0.25, 0.3) is 0 Å². The van der Waals surface area contributed by atoms with Gasteiger partial charge in [-0.2, -0.15) is 4.98 Å². The molecule has 0 aliphatic carbocycles. The number of phenols is 1. The van der Waals surface area contributed by atoms with E-state index in [2.05, 4.69) is 43.4 Å². The molecule has 1 atom stereocenters. The highest BCUT2D eigenvalue weighted by molar-refractivity contribution is 9.10. The molecule has 0 fully saturated rings. The number of thioether (sulfide) groups is 1. The summed E-state index contributed by atoms with van der Waals surface area (Å²) >= 11 is 5.08. The predicted molar refractivity (Wildman–Crippen MR) is 120 cm³/mol. The molecule has 1 aromatic heterocycles. The molecule has 2 heterocycles. The molecular formula is C21H21BrN4O3S. The number of unbranched alkanes of at least 4 members (excludes halogenated alkanes) is 1. The van der Waals surface area contributed by atoms with Gasteiger partial charge in [0, 0.05) is 27.0 Å². The third kappa shape index (κ3) is 4.32. The number of phenolic OH excluding ortho intramolecular Hbond substituents is 1. The van der Waals surface area contributed by atoms with Gasteiger partial charge >= 0.3 is 0 Å². The average molecular weight is 489 g/mol. The van der Waals surface area contributed by atoms with Gasteiger partial charge in [-0.3, -0.25) is 0 Å². The van der Waals surface area contributed by atoms with E-state index in [4.69, 9.17) is 9.47 Å². The summed E-state index contributed by atoms with van der Waals surface area (Å²) in [7, 11) is 1.51. The van der Waals surface area contributed by atoms with Crippen molar-refractivity contribution in [2.45, 2.75) is 31.1 Å². The number of rotatable bonds is 6. The molecule has 0 bridgehead atoms. The number of halogens is 1. The number of methoxy groups -OCH3 is 1. The van der Waals surface area contributed by atoms with Crippen LogP contribution >= 0.6 is 27.7 Å². The number of fused-ring (bicyclic) bond motifs is 3. The first kappa shape index (κ1) is 20.7. The molecule has 0 radical (unpaired) electrons. The molecule has 1 aliphatic heterocycles. The van der Waals surface area contributed by atoms with Gasteiger partial charge in [0.05, 0.1) is 7.11 Å². The Morgan fingerprint density at radius 3 is 2.87 bits per heavy atom. The number of aromatic hydroxyl groups is 1. The van der Waals surface area contributed by atoms with Gasteiger partial charge in [-0.25, -0.2) is 0 Å². The van der Waals surface area contributed by atoms with Crippen LogP contribution in [0.25, 0.3) is 11.3 Å². The number of hydrogen-bond donors (Lipinski definition) is 2.